The third-order valence-electron chi connectivity index (χ3n) is 8.45. The van der Waals surface area contributed by atoms with Gasteiger partial charge in [0.1, 0.15) is 0 Å². The van der Waals surface area contributed by atoms with E-state index in [9.17, 15) is 18.0 Å². The lowest BCUT2D eigenvalue weighted by atomic mass is 9.99. The van der Waals surface area contributed by atoms with E-state index in [0.717, 1.165) is 53.9 Å². The van der Waals surface area contributed by atoms with Crippen LogP contribution in [0.2, 0.25) is 0 Å². The van der Waals surface area contributed by atoms with Crippen molar-refractivity contribution in [3.8, 4) is 16.8 Å². The van der Waals surface area contributed by atoms with Crippen molar-refractivity contribution in [1.82, 2.24) is 14.5 Å². The summed E-state index contributed by atoms with van der Waals surface area (Å²) in [6.45, 7) is 1.65. The van der Waals surface area contributed by atoms with Crippen molar-refractivity contribution < 1.29 is 13.2 Å². The van der Waals surface area contributed by atoms with Gasteiger partial charge in [-0.1, -0.05) is 42.5 Å². The van der Waals surface area contributed by atoms with Gasteiger partial charge in [0.15, 0.2) is 0 Å². The number of piperidine rings is 1. The quantitative estimate of drug-likeness (QED) is 0.216. The van der Waals surface area contributed by atoms with Crippen LogP contribution in [0.15, 0.2) is 102 Å². The maximum atomic E-state index is 14.4. The number of alkyl halides is 3. The molecule has 3 heterocycles. The van der Waals surface area contributed by atoms with Crippen molar-refractivity contribution in [3.63, 3.8) is 0 Å². The molecule has 216 valence electrons. The highest BCUT2D eigenvalue weighted by molar-refractivity contribution is 6.05. The summed E-state index contributed by atoms with van der Waals surface area (Å²) in [5, 5.41) is 6.70. The van der Waals surface area contributed by atoms with Gasteiger partial charge in [-0.2, -0.15) is 13.2 Å². The van der Waals surface area contributed by atoms with Gasteiger partial charge in [-0.15, -0.1) is 0 Å². The number of likely N-dealkylation sites (tertiary alicyclic amines) is 1. The van der Waals surface area contributed by atoms with E-state index in [0.29, 0.717) is 21.8 Å². The molecule has 1 aliphatic rings. The Morgan fingerprint density at radius 3 is 2.33 bits per heavy atom. The Balaban J connectivity index is 1.39. The number of anilines is 1. The zero-order valence-electron chi connectivity index (χ0n) is 23.5. The molecule has 1 saturated heterocycles. The predicted octanol–water partition coefficient (Wildman–Crippen LogP) is 7.88. The van der Waals surface area contributed by atoms with Crippen LogP contribution in [0.1, 0.15) is 18.4 Å². The fourth-order valence-corrected chi connectivity index (χ4v) is 6.12. The van der Waals surface area contributed by atoms with Crippen molar-refractivity contribution in [2.24, 2.45) is 0 Å². The van der Waals surface area contributed by atoms with E-state index in [1.54, 1.807) is 18.3 Å². The summed E-state index contributed by atoms with van der Waals surface area (Å²) in [4.78, 5) is 20.2. The van der Waals surface area contributed by atoms with Gasteiger partial charge in [0.05, 0.1) is 22.3 Å². The van der Waals surface area contributed by atoms with E-state index in [1.165, 1.54) is 16.7 Å². The number of rotatable bonds is 4. The number of hydrogen-bond acceptors (Lipinski definition) is 4. The SMILES string of the molecule is CN1CCC(Nc2ccc(-n3c(=O)ccc4cnc5ccc(-c6ccc7ccccc7c6)cc5c43)cc2C(F)(F)F)CC1. The summed E-state index contributed by atoms with van der Waals surface area (Å²) in [7, 11) is 2.01. The Labute approximate surface area is 246 Å². The molecule has 1 aliphatic heterocycles. The number of fused-ring (bicyclic) bond motifs is 4. The van der Waals surface area contributed by atoms with Crippen molar-refractivity contribution in [3.05, 3.63) is 113 Å². The van der Waals surface area contributed by atoms with E-state index in [2.05, 4.69) is 39.5 Å². The van der Waals surface area contributed by atoms with Crippen LogP contribution in [-0.2, 0) is 6.18 Å². The van der Waals surface area contributed by atoms with Gasteiger partial charge in [-0.3, -0.25) is 14.3 Å². The van der Waals surface area contributed by atoms with Gasteiger partial charge in [0, 0.05) is 34.8 Å². The number of aromatic nitrogens is 2. The largest absolute Gasteiger partial charge is 0.418 e. The van der Waals surface area contributed by atoms with E-state index in [1.807, 2.05) is 43.4 Å². The van der Waals surface area contributed by atoms with Crippen LogP contribution in [0.3, 0.4) is 0 Å². The van der Waals surface area contributed by atoms with Crippen molar-refractivity contribution in [2.75, 3.05) is 25.5 Å². The fourth-order valence-electron chi connectivity index (χ4n) is 6.12. The highest BCUT2D eigenvalue weighted by Crippen LogP contribution is 2.38. The summed E-state index contributed by atoms with van der Waals surface area (Å²) in [6.07, 6.45) is -1.43. The first-order valence-electron chi connectivity index (χ1n) is 14.3. The lowest BCUT2D eigenvalue weighted by molar-refractivity contribution is -0.137. The Kier molecular flexibility index (Phi) is 6.66. The lowest BCUT2D eigenvalue weighted by Gasteiger charge is -2.31. The molecule has 2 aromatic heterocycles. The van der Waals surface area contributed by atoms with Crippen LogP contribution < -0.4 is 10.9 Å². The average molecular weight is 579 g/mol. The monoisotopic (exact) mass is 578 g/mol. The minimum absolute atomic E-state index is 0.0317. The van der Waals surface area contributed by atoms with Gasteiger partial charge in [-0.25, -0.2) is 0 Å². The van der Waals surface area contributed by atoms with E-state index >= 15 is 0 Å². The molecule has 43 heavy (non-hydrogen) atoms. The average Bonchev–Trinajstić information content (AvgIpc) is 3.01. The maximum Gasteiger partial charge on any atom is 0.418 e. The zero-order chi connectivity index (χ0) is 29.7. The molecular formula is C35H29F3N4O. The summed E-state index contributed by atoms with van der Waals surface area (Å²) in [6, 6.07) is 27.2. The summed E-state index contributed by atoms with van der Waals surface area (Å²) < 4.78 is 44.7. The number of nitrogens with zero attached hydrogens (tertiary/aromatic N) is 3. The summed E-state index contributed by atoms with van der Waals surface area (Å²) in [5.41, 5.74) is 2.06. The molecule has 0 amide bonds. The number of nitrogens with one attached hydrogen (secondary N) is 1. The summed E-state index contributed by atoms with van der Waals surface area (Å²) >= 11 is 0. The Morgan fingerprint density at radius 1 is 0.814 bits per heavy atom. The molecule has 1 N–H and O–H groups in total. The molecule has 0 saturated carbocycles. The van der Waals surface area contributed by atoms with Crippen LogP contribution in [0.25, 0.3) is 49.4 Å². The minimum atomic E-state index is -4.61. The number of pyridine rings is 2. The molecule has 6 aromatic rings. The van der Waals surface area contributed by atoms with Crippen molar-refractivity contribution >= 4 is 38.3 Å². The first kappa shape index (κ1) is 27.2. The van der Waals surface area contributed by atoms with Gasteiger partial charge < -0.3 is 10.2 Å². The third kappa shape index (κ3) is 5.12. The Bertz CT molecular complexity index is 2060. The van der Waals surface area contributed by atoms with Crippen LogP contribution >= 0.6 is 0 Å². The van der Waals surface area contributed by atoms with Crippen molar-refractivity contribution in [2.45, 2.75) is 25.1 Å². The smallest absolute Gasteiger partial charge is 0.382 e. The molecule has 8 heteroatoms. The van der Waals surface area contributed by atoms with Gasteiger partial charge in [-0.05, 0) is 97.3 Å². The molecule has 0 unspecified atom stereocenters. The van der Waals surface area contributed by atoms with Crippen LogP contribution in [0, 0.1) is 0 Å². The Hall–Kier alpha value is -4.69. The fraction of sp³-hybridized carbons (Fsp3) is 0.200. The Morgan fingerprint density at radius 2 is 1.53 bits per heavy atom. The first-order valence-corrected chi connectivity index (χ1v) is 14.3. The molecule has 1 fully saturated rings. The molecule has 0 spiro atoms. The number of hydrogen-bond donors (Lipinski definition) is 1. The number of halogens is 3. The second kappa shape index (κ2) is 10.5. The van der Waals surface area contributed by atoms with Gasteiger partial charge >= 0.3 is 6.18 Å². The second-order valence-corrected chi connectivity index (χ2v) is 11.3. The first-order chi connectivity index (χ1) is 20.7. The molecule has 4 aromatic carbocycles. The normalized spacial score (nSPS) is 15.0. The molecular weight excluding hydrogens is 549 g/mol. The highest BCUT2D eigenvalue weighted by atomic mass is 19.4. The molecule has 0 bridgehead atoms. The molecule has 5 nitrogen and oxygen atoms in total. The van der Waals surface area contributed by atoms with E-state index in [-0.39, 0.29) is 17.4 Å². The second-order valence-electron chi connectivity index (χ2n) is 11.3. The van der Waals surface area contributed by atoms with E-state index < -0.39 is 17.3 Å². The standard InChI is InChI=1S/C35H29F3N4O/c1-41-16-14-27(15-17-41)40-32-12-10-28(20-30(32)35(36,37)38)42-33(43)13-9-26-21-39-31-11-8-25(19-29(31)34(26)42)24-7-6-22-4-2-3-5-23(22)18-24/h2-13,18-21,27,40H,14-17H2,1H3. The van der Waals surface area contributed by atoms with Crippen molar-refractivity contribution in [1.29, 1.82) is 0 Å². The topological polar surface area (TPSA) is 50.2 Å². The predicted molar refractivity (Wildman–Crippen MR) is 167 cm³/mol. The number of benzene rings is 4. The molecule has 0 aliphatic carbocycles. The highest BCUT2D eigenvalue weighted by Gasteiger charge is 2.35. The van der Waals surface area contributed by atoms with Gasteiger partial charge in [0.25, 0.3) is 5.56 Å². The van der Waals surface area contributed by atoms with Gasteiger partial charge in [0.2, 0.25) is 0 Å². The molecule has 0 atom stereocenters. The molecule has 0 radical (unpaired) electrons. The third-order valence-corrected chi connectivity index (χ3v) is 8.45. The maximum absolute atomic E-state index is 14.4. The van der Waals surface area contributed by atoms with E-state index in [4.69, 9.17) is 0 Å². The lowest BCUT2D eigenvalue weighted by Crippen LogP contribution is -2.37. The summed E-state index contributed by atoms with van der Waals surface area (Å²) in [5.74, 6) is 0. The van der Waals surface area contributed by atoms with Crippen LogP contribution in [0.5, 0.6) is 0 Å². The van der Waals surface area contributed by atoms with Crippen LogP contribution in [-0.4, -0.2) is 40.6 Å². The van der Waals surface area contributed by atoms with Crippen LogP contribution in [0.4, 0.5) is 18.9 Å². The minimum Gasteiger partial charge on any atom is -0.382 e. The molecule has 7 rings (SSSR count). The zero-order valence-corrected chi connectivity index (χ0v) is 23.5.